The third-order valence-corrected chi connectivity index (χ3v) is 5.51. The third-order valence-electron chi connectivity index (χ3n) is 4.24. The number of benzene rings is 1. The Bertz CT molecular complexity index is 920. The van der Waals surface area contributed by atoms with Crippen LogP contribution >= 0.6 is 0 Å². The molecule has 0 fully saturated rings. The van der Waals surface area contributed by atoms with E-state index in [0.717, 1.165) is 17.0 Å². The Kier molecular flexibility index (Phi) is 5.06. The van der Waals surface area contributed by atoms with Crippen LogP contribution in [0.5, 0.6) is 0 Å². The second-order valence-electron chi connectivity index (χ2n) is 6.50. The van der Waals surface area contributed by atoms with E-state index in [4.69, 9.17) is 4.78 Å². The Labute approximate surface area is 153 Å². The van der Waals surface area contributed by atoms with Crippen LogP contribution in [0.4, 0.5) is 14.5 Å². The van der Waals surface area contributed by atoms with E-state index < -0.39 is 28.4 Å². The first-order chi connectivity index (χ1) is 12.3. The molecule has 3 rings (SSSR count). The van der Waals surface area contributed by atoms with Crippen molar-refractivity contribution in [2.24, 2.45) is 13.0 Å². The minimum Gasteiger partial charge on any atom is -0.345 e. The number of fused-ring (bicyclic) bond motifs is 1. The predicted molar refractivity (Wildman–Crippen MR) is 98.9 cm³/mol. The van der Waals surface area contributed by atoms with Crippen LogP contribution < -0.4 is 10.0 Å². The van der Waals surface area contributed by atoms with E-state index >= 15 is 0 Å². The molecule has 1 aliphatic heterocycles. The van der Waals surface area contributed by atoms with E-state index in [0.29, 0.717) is 17.2 Å². The number of anilines is 1. The first-order valence-electron chi connectivity index (χ1n) is 8.13. The van der Waals surface area contributed by atoms with Crippen LogP contribution in [0.15, 0.2) is 35.4 Å². The molecule has 3 N–H and O–H groups in total. The van der Waals surface area contributed by atoms with E-state index in [9.17, 15) is 13.6 Å². The summed E-state index contributed by atoms with van der Waals surface area (Å²) in [7, 11) is 0.757. The topological polar surface area (TPSA) is 69.9 Å². The van der Waals surface area contributed by atoms with E-state index in [-0.39, 0.29) is 11.7 Å². The molecular formula is C18H20F2N4OS. The quantitative estimate of drug-likeness (QED) is 0.759. The van der Waals surface area contributed by atoms with Crippen LogP contribution in [0.3, 0.4) is 0 Å². The number of halogens is 2. The molecule has 2 heterocycles. The van der Waals surface area contributed by atoms with E-state index in [1.807, 2.05) is 12.2 Å². The number of hydrogen-bond acceptors (Lipinski definition) is 2. The SMILES string of the molecule is CC(C)C1C=Cc2c(cn(C)c2C(=O)Nc2ccc(F)c(F)c2)S(=N)N1. The maximum Gasteiger partial charge on any atom is 0.272 e. The highest BCUT2D eigenvalue weighted by atomic mass is 32.2. The lowest BCUT2D eigenvalue weighted by Crippen LogP contribution is -2.32. The fourth-order valence-corrected chi connectivity index (χ4v) is 4.18. The Morgan fingerprint density at radius 3 is 2.73 bits per heavy atom. The van der Waals surface area contributed by atoms with Crippen LogP contribution in [0, 0.1) is 22.3 Å². The van der Waals surface area contributed by atoms with Gasteiger partial charge in [-0.2, -0.15) is 0 Å². The lowest BCUT2D eigenvalue weighted by atomic mass is 10.0. The Balaban J connectivity index is 1.96. The van der Waals surface area contributed by atoms with Gasteiger partial charge in [0.25, 0.3) is 5.91 Å². The molecule has 138 valence electrons. The zero-order valence-electron chi connectivity index (χ0n) is 14.6. The zero-order valence-corrected chi connectivity index (χ0v) is 15.5. The van der Waals surface area contributed by atoms with Crippen LogP contribution in [0.1, 0.15) is 29.9 Å². The van der Waals surface area contributed by atoms with Crippen molar-refractivity contribution in [2.45, 2.75) is 24.8 Å². The number of aryl methyl sites for hydroxylation is 1. The maximum atomic E-state index is 13.4. The fraction of sp³-hybridized carbons (Fsp3) is 0.278. The maximum absolute atomic E-state index is 13.4. The molecule has 1 aliphatic rings. The molecule has 1 aromatic carbocycles. The normalized spacial score (nSPS) is 19.3. The molecule has 2 aromatic rings. The number of hydrogen-bond donors (Lipinski definition) is 3. The average Bonchev–Trinajstić information content (AvgIpc) is 2.82. The predicted octanol–water partition coefficient (Wildman–Crippen LogP) is 3.85. The number of nitrogens with one attached hydrogen (secondary N) is 3. The second-order valence-corrected chi connectivity index (χ2v) is 7.79. The minimum atomic E-state index is -1.02. The van der Waals surface area contributed by atoms with Crippen LogP contribution in [0.2, 0.25) is 0 Å². The molecule has 5 nitrogen and oxygen atoms in total. The molecule has 26 heavy (non-hydrogen) atoms. The van der Waals surface area contributed by atoms with Crippen molar-refractivity contribution in [2.75, 3.05) is 5.32 Å². The van der Waals surface area contributed by atoms with Crippen molar-refractivity contribution in [1.82, 2.24) is 9.29 Å². The van der Waals surface area contributed by atoms with Crippen molar-refractivity contribution >= 4 is 28.5 Å². The van der Waals surface area contributed by atoms with Crippen molar-refractivity contribution in [1.29, 1.82) is 4.78 Å². The Morgan fingerprint density at radius 1 is 1.35 bits per heavy atom. The first-order valence-corrected chi connectivity index (χ1v) is 9.36. The monoisotopic (exact) mass is 378 g/mol. The largest absolute Gasteiger partial charge is 0.345 e. The highest BCUT2D eigenvalue weighted by Gasteiger charge is 2.25. The zero-order chi connectivity index (χ0) is 19.0. The summed E-state index contributed by atoms with van der Waals surface area (Å²) >= 11 is 0. The summed E-state index contributed by atoms with van der Waals surface area (Å²) in [6.07, 6.45) is 5.57. The number of nitrogens with zero attached hydrogens (tertiary/aromatic N) is 1. The summed E-state index contributed by atoms with van der Waals surface area (Å²) in [6.45, 7) is 4.12. The summed E-state index contributed by atoms with van der Waals surface area (Å²) in [5.74, 6) is -2.12. The first kappa shape index (κ1) is 18.5. The molecule has 1 aromatic heterocycles. The number of amides is 1. The molecule has 0 radical (unpaired) electrons. The summed E-state index contributed by atoms with van der Waals surface area (Å²) < 4.78 is 39.7. The molecule has 0 aliphatic carbocycles. The molecule has 2 unspecified atom stereocenters. The van der Waals surface area contributed by atoms with Gasteiger partial charge in [0.2, 0.25) is 0 Å². The number of aromatic nitrogens is 1. The van der Waals surface area contributed by atoms with Gasteiger partial charge in [-0.3, -0.25) is 9.57 Å². The Morgan fingerprint density at radius 2 is 2.08 bits per heavy atom. The van der Waals surface area contributed by atoms with Crippen molar-refractivity contribution < 1.29 is 13.6 Å². The lowest BCUT2D eigenvalue weighted by molar-refractivity contribution is 0.101. The smallest absolute Gasteiger partial charge is 0.272 e. The van der Waals surface area contributed by atoms with E-state index in [1.165, 1.54) is 6.07 Å². The van der Waals surface area contributed by atoms with Gasteiger partial charge in [-0.25, -0.2) is 13.5 Å². The van der Waals surface area contributed by atoms with Gasteiger partial charge in [0, 0.05) is 36.6 Å². The average molecular weight is 378 g/mol. The summed E-state index contributed by atoms with van der Waals surface area (Å²) in [6, 6.07) is 3.25. The van der Waals surface area contributed by atoms with Crippen LogP contribution in [0.25, 0.3) is 6.08 Å². The van der Waals surface area contributed by atoms with Crippen molar-refractivity contribution in [3.8, 4) is 0 Å². The third kappa shape index (κ3) is 3.47. The summed E-state index contributed by atoms with van der Waals surface area (Å²) in [4.78, 5) is 13.5. The fourth-order valence-electron chi connectivity index (χ4n) is 2.78. The molecule has 1 amide bonds. The Hall–Kier alpha value is -2.32. The van der Waals surface area contributed by atoms with Gasteiger partial charge >= 0.3 is 0 Å². The molecule has 0 bridgehead atoms. The van der Waals surface area contributed by atoms with E-state index in [1.54, 1.807) is 17.8 Å². The second kappa shape index (κ2) is 7.13. The number of carbonyl (C=O) groups is 1. The lowest BCUT2D eigenvalue weighted by Gasteiger charge is -2.17. The van der Waals surface area contributed by atoms with Gasteiger partial charge < -0.3 is 9.88 Å². The van der Waals surface area contributed by atoms with Gasteiger partial charge in [-0.1, -0.05) is 26.0 Å². The highest BCUT2D eigenvalue weighted by molar-refractivity contribution is 7.84. The van der Waals surface area contributed by atoms with E-state index in [2.05, 4.69) is 23.9 Å². The molecule has 8 heteroatoms. The molecular weight excluding hydrogens is 358 g/mol. The van der Waals surface area contributed by atoms with Gasteiger partial charge in [0.1, 0.15) is 5.69 Å². The van der Waals surface area contributed by atoms with Gasteiger partial charge in [-0.15, -0.1) is 0 Å². The molecule has 2 atom stereocenters. The van der Waals surface area contributed by atoms with Crippen molar-refractivity contribution in [3.63, 3.8) is 0 Å². The number of rotatable bonds is 3. The standard InChI is InChI=1S/C18H20F2N4OS/c1-10(2)15-7-5-12-16(26(21)23-15)9-24(3)17(12)18(25)22-11-4-6-13(19)14(20)8-11/h4-10,15H,1-3H3,(H2,21,23)(H,22,25). The molecule has 0 saturated heterocycles. The summed E-state index contributed by atoms with van der Waals surface area (Å²) in [5, 5.41) is 2.59. The number of carbonyl (C=O) groups excluding carboxylic acids is 1. The van der Waals surface area contributed by atoms with Crippen LogP contribution in [-0.4, -0.2) is 16.5 Å². The molecule has 0 spiro atoms. The van der Waals surface area contributed by atoms with Crippen molar-refractivity contribution in [3.05, 3.63) is 53.4 Å². The van der Waals surface area contributed by atoms with Gasteiger partial charge in [-0.05, 0) is 28.9 Å². The highest BCUT2D eigenvalue weighted by Crippen LogP contribution is 2.27. The van der Waals surface area contributed by atoms with Gasteiger partial charge in [0.15, 0.2) is 11.6 Å². The molecule has 0 saturated carbocycles. The van der Waals surface area contributed by atoms with Gasteiger partial charge in [0.05, 0.1) is 4.90 Å². The minimum absolute atomic E-state index is 0.0376. The summed E-state index contributed by atoms with van der Waals surface area (Å²) in [5.41, 5.74) is 1.21. The van der Waals surface area contributed by atoms with Crippen LogP contribution in [-0.2, 0) is 17.9 Å².